The highest BCUT2D eigenvalue weighted by Crippen LogP contribution is 2.15. The van der Waals surface area contributed by atoms with E-state index in [0.29, 0.717) is 12.0 Å². The molecule has 102 valence electrons. The van der Waals surface area contributed by atoms with E-state index in [1.54, 1.807) is 20.8 Å². The maximum Gasteiger partial charge on any atom is 0.240 e. The lowest BCUT2D eigenvalue weighted by atomic mass is 10.2. The van der Waals surface area contributed by atoms with Crippen molar-refractivity contribution in [3.8, 4) is 0 Å². The quantitative estimate of drug-likeness (QED) is 0.857. The summed E-state index contributed by atoms with van der Waals surface area (Å²) in [5.74, 6) is -0.555. The molecule has 0 saturated carbocycles. The van der Waals surface area contributed by atoms with Gasteiger partial charge in [0.25, 0.3) is 0 Å². The average molecular weight is 275 g/mol. The van der Waals surface area contributed by atoms with Gasteiger partial charge in [0.05, 0.1) is 11.0 Å². The van der Waals surface area contributed by atoms with Gasteiger partial charge in [-0.1, -0.05) is 6.07 Å². The van der Waals surface area contributed by atoms with Crippen molar-refractivity contribution < 1.29 is 17.9 Å². The van der Waals surface area contributed by atoms with Crippen LogP contribution in [0.3, 0.4) is 0 Å². The van der Waals surface area contributed by atoms with Crippen molar-refractivity contribution in [2.24, 2.45) is 0 Å². The molecular weight excluding hydrogens is 257 g/mol. The third-order valence-electron chi connectivity index (χ3n) is 2.50. The van der Waals surface area contributed by atoms with Gasteiger partial charge in [0.15, 0.2) is 0 Å². The molecule has 1 aromatic rings. The average Bonchev–Trinajstić information content (AvgIpc) is 2.19. The van der Waals surface area contributed by atoms with Crippen LogP contribution in [0.5, 0.6) is 0 Å². The number of sulfonamides is 1. The van der Waals surface area contributed by atoms with Gasteiger partial charge in [-0.15, -0.1) is 0 Å². The highest BCUT2D eigenvalue weighted by Gasteiger charge is 2.19. The smallest absolute Gasteiger partial charge is 0.240 e. The van der Waals surface area contributed by atoms with Gasteiger partial charge >= 0.3 is 0 Å². The first-order chi connectivity index (χ1) is 8.22. The minimum Gasteiger partial charge on any atom is -0.393 e. The zero-order valence-corrected chi connectivity index (χ0v) is 11.5. The van der Waals surface area contributed by atoms with Crippen LogP contribution in [0, 0.1) is 12.7 Å². The van der Waals surface area contributed by atoms with Gasteiger partial charge in [0.2, 0.25) is 10.0 Å². The Morgan fingerprint density at radius 2 is 2.00 bits per heavy atom. The number of halogens is 1. The highest BCUT2D eigenvalue weighted by molar-refractivity contribution is 7.89. The Bertz CT molecular complexity index is 514. The Balaban J connectivity index is 2.89. The van der Waals surface area contributed by atoms with Crippen molar-refractivity contribution in [1.29, 1.82) is 0 Å². The molecule has 0 amide bonds. The number of aliphatic hydroxyl groups is 1. The van der Waals surface area contributed by atoms with Gasteiger partial charge in [-0.25, -0.2) is 17.5 Å². The zero-order chi connectivity index (χ0) is 13.9. The standard InChI is InChI=1S/C12H18FNO3S/c1-8-4-5-11(7-12(8)13)18(16,17)14-9(2)6-10(3)15/h4-5,7,9-10,14-15H,6H2,1-3H3. The maximum atomic E-state index is 13.3. The molecule has 18 heavy (non-hydrogen) atoms. The molecule has 0 heterocycles. The van der Waals surface area contributed by atoms with Gasteiger partial charge in [0, 0.05) is 6.04 Å². The van der Waals surface area contributed by atoms with E-state index in [1.807, 2.05) is 0 Å². The van der Waals surface area contributed by atoms with E-state index in [2.05, 4.69) is 4.72 Å². The van der Waals surface area contributed by atoms with Crippen molar-refractivity contribution in [2.45, 2.75) is 44.2 Å². The van der Waals surface area contributed by atoms with Crippen LogP contribution in [-0.2, 0) is 10.0 Å². The summed E-state index contributed by atoms with van der Waals surface area (Å²) in [7, 11) is -3.75. The summed E-state index contributed by atoms with van der Waals surface area (Å²) < 4.78 is 39.6. The molecule has 4 nitrogen and oxygen atoms in total. The molecule has 6 heteroatoms. The Kier molecular flexibility index (Phi) is 4.84. The molecule has 1 aromatic carbocycles. The van der Waals surface area contributed by atoms with Gasteiger partial charge in [-0.2, -0.15) is 0 Å². The first-order valence-electron chi connectivity index (χ1n) is 5.69. The molecular formula is C12H18FNO3S. The minimum absolute atomic E-state index is 0.108. The number of hydrogen-bond acceptors (Lipinski definition) is 3. The summed E-state index contributed by atoms with van der Waals surface area (Å²) in [5, 5.41) is 9.18. The SMILES string of the molecule is Cc1ccc(S(=O)(=O)NC(C)CC(C)O)cc1F. The zero-order valence-electron chi connectivity index (χ0n) is 10.6. The fourth-order valence-corrected chi connectivity index (χ4v) is 2.90. The van der Waals surface area contributed by atoms with Gasteiger partial charge < -0.3 is 5.11 Å². The molecule has 2 N–H and O–H groups in total. The van der Waals surface area contributed by atoms with E-state index in [4.69, 9.17) is 0 Å². The second-order valence-electron chi connectivity index (χ2n) is 4.52. The van der Waals surface area contributed by atoms with Gasteiger partial charge in [-0.05, 0) is 44.9 Å². The van der Waals surface area contributed by atoms with Crippen LogP contribution in [0.1, 0.15) is 25.8 Å². The Hall–Kier alpha value is -0.980. The molecule has 1 rings (SSSR count). The number of aryl methyl sites for hydroxylation is 1. The number of nitrogens with one attached hydrogen (secondary N) is 1. The number of rotatable bonds is 5. The first kappa shape index (κ1) is 15.1. The van der Waals surface area contributed by atoms with E-state index in [1.165, 1.54) is 12.1 Å². The second kappa shape index (κ2) is 5.77. The molecule has 0 fully saturated rings. The number of aliphatic hydroxyl groups excluding tert-OH is 1. The first-order valence-corrected chi connectivity index (χ1v) is 7.17. The van der Waals surface area contributed by atoms with Gasteiger partial charge in [-0.3, -0.25) is 0 Å². The van der Waals surface area contributed by atoms with Crippen LogP contribution in [0.15, 0.2) is 23.1 Å². The van der Waals surface area contributed by atoms with Crippen LogP contribution in [0.2, 0.25) is 0 Å². The summed E-state index contributed by atoms with van der Waals surface area (Å²) in [5.41, 5.74) is 0.394. The summed E-state index contributed by atoms with van der Waals surface area (Å²) in [4.78, 5) is -0.108. The normalized spacial score (nSPS) is 15.4. The van der Waals surface area contributed by atoms with Crippen LogP contribution >= 0.6 is 0 Å². The molecule has 0 radical (unpaired) electrons. The molecule has 0 aliphatic carbocycles. The predicted molar refractivity (Wildman–Crippen MR) is 67.2 cm³/mol. The summed E-state index contributed by atoms with van der Waals surface area (Å²) in [6.45, 7) is 4.79. The van der Waals surface area contributed by atoms with E-state index >= 15 is 0 Å². The Labute approximate surface area is 107 Å². The summed E-state index contributed by atoms with van der Waals surface area (Å²) >= 11 is 0. The number of hydrogen-bond donors (Lipinski definition) is 2. The molecule has 0 bridgehead atoms. The van der Waals surface area contributed by atoms with E-state index in [9.17, 15) is 17.9 Å². The fourth-order valence-electron chi connectivity index (χ4n) is 1.63. The molecule has 2 unspecified atom stereocenters. The van der Waals surface area contributed by atoms with Crippen LogP contribution in [0.25, 0.3) is 0 Å². The van der Waals surface area contributed by atoms with Gasteiger partial charge in [0.1, 0.15) is 5.82 Å². The van der Waals surface area contributed by atoms with E-state index in [0.717, 1.165) is 6.07 Å². The second-order valence-corrected chi connectivity index (χ2v) is 6.23. The lowest BCUT2D eigenvalue weighted by Crippen LogP contribution is -2.34. The monoisotopic (exact) mass is 275 g/mol. The van der Waals surface area contributed by atoms with Crippen molar-refractivity contribution >= 4 is 10.0 Å². The molecule has 0 aliphatic rings. The fraction of sp³-hybridized carbons (Fsp3) is 0.500. The third kappa shape index (κ3) is 4.04. The molecule has 0 saturated heterocycles. The Morgan fingerprint density at radius 3 is 2.50 bits per heavy atom. The summed E-state index contributed by atoms with van der Waals surface area (Å²) in [6, 6.07) is 3.35. The molecule has 0 aromatic heterocycles. The summed E-state index contributed by atoms with van der Waals surface area (Å²) in [6.07, 6.45) is -0.300. The van der Waals surface area contributed by atoms with Crippen LogP contribution < -0.4 is 4.72 Å². The topological polar surface area (TPSA) is 66.4 Å². The van der Waals surface area contributed by atoms with Crippen molar-refractivity contribution in [1.82, 2.24) is 4.72 Å². The largest absolute Gasteiger partial charge is 0.393 e. The van der Waals surface area contributed by atoms with E-state index < -0.39 is 28.0 Å². The lowest BCUT2D eigenvalue weighted by Gasteiger charge is -2.15. The van der Waals surface area contributed by atoms with Crippen LogP contribution in [0.4, 0.5) is 4.39 Å². The van der Waals surface area contributed by atoms with Crippen molar-refractivity contribution in [3.05, 3.63) is 29.6 Å². The van der Waals surface area contributed by atoms with E-state index in [-0.39, 0.29) is 4.90 Å². The predicted octanol–water partition coefficient (Wildman–Crippen LogP) is 1.57. The number of benzene rings is 1. The van der Waals surface area contributed by atoms with Crippen molar-refractivity contribution in [2.75, 3.05) is 0 Å². The highest BCUT2D eigenvalue weighted by atomic mass is 32.2. The lowest BCUT2D eigenvalue weighted by molar-refractivity contribution is 0.175. The van der Waals surface area contributed by atoms with Crippen molar-refractivity contribution in [3.63, 3.8) is 0 Å². The Morgan fingerprint density at radius 1 is 1.39 bits per heavy atom. The third-order valence-corrected chi connectivity index (χ3v) is 4.09. The minimum atomic E-state index is -3.75. The maximum absolute atomic E-state index is 13.3. The molecule has 2 atom stereocenters. The molecule has 0 spiro atoms. The van der Waals surface area contributed by atoms with Crippen LogP contribution in [-0.4, -0.2) is 25.7 Å². The molecule has 0 aliphatic heterocycles.